The molecule has 0 spiro atoms. The maximum Gasteiger partial charge on any atom is 0.152 e. The normalized spacial score (nSPS) is 16.0. The molecule has 0 radical (unpaired) electrons. The minimum atomic E-state index is 0.290. The molecule has 0 amide bonds. The SMILES string of the molecule is CCNC(C)c1ccc(N2CCn3cnnc3C2)cn1. The molecule has 1 atom stereocenters. The lowest BCUT2D eigenvalue weighted by molar-refractivity contribution is 0.558. The van der Waals surface area contributed by atoms with Crippen molar-refractivity contribution in [3.05, 3.63) is 36.2 Å². The van der Waals surface area contributed by atoms with Crippen molar-refractivity contribution in [3.8, 4) is 0 Å². The van der Waals surface area contributed by atoms with E-state index in [0.717, 1.165) is 43.4 Å². The average Bonchev–Trinajstić information content (AvgIpc) is 2.95. The Morgan fingerprint density at radius 3 is 3.00 bits per heavy atom. The van der Waals surface area contributed by atoms with Crippen LogP contribution in [0, 0.1) is 0 Å². The van der Waals surface area contributed by atoms with Crippen molar-refractivity contribution in [1.82, 2.24) is 25.1 Å². The summed E-state index contributed by atoms with van der Waals surface area (Å²) < 4.78 is 2.10. The van der Waals surface area contributed by atoms with Gasteiger partial charge in [0.1, 0.15) is 6.33 Å². The van der Waals surface area contributed by atoms with Gasteiger partial charge in [0.2, 0.25) is 0 Å². The molecule has 0 saturated carbocycles. The lowest BCUT2D eigenvalue weighted by Gasteiger charge is -2.28. The standard InChI is InChI=1S/C14H20N6/c1-3-15-11(2)13-5-4-12(8-16-13)19-6-7-20-10-17-18-14(20)9-19/h4-5,8,10-11,15H,3,6-7,9H2,1-2H3. The Labute approximate surface area is 118 Å². The average molecular weight is 272 g/mol. The molecule has 3 rings (SSSR count). The van der Waals surface area contributed by atoms with Gasteiger partial charge >= 0.3 is 0 Å². The summed E-state index contributed by atoms with van der Waals surface area (Å²) in [5.41, 5.74) is 2.22. The van der Waals surface area contributed by atoms with E-state index in [9.17, 15) is 0 Å². The van der Waals surface area contributed by atoms with Crippen LogP contribution in [0.4, 0.5) is 5.69 Å². The van der Waals surface area contributed by atoms with Crippen molar-refractivity contribution in [2.75, 3.05) is 18.0 Å². The lowest BCUT2D eigenvalue weighted by atomic mass is 10.2. The molecule has 3 heterocycles. The van der Waals surface area contributed by atoms with Gasteiger partial charge in [0.25, 0.3) is 0 Å². The van der Waals surface area contributed by atoms with Gasteiger partial charge in [-0.1, -0.05) is 6.92 Å². The van der Waals surface area contributed by atoms with Crippen LogP contribution in [0.5, 0.6) is 0 Å². The second-order valence-electron chi connectivity index (χ2n) is 5.08. The summed E-state index contributed by atoms with van der Waals surface area (Å²) in [5.74, 6) is 1.02. The molecule has 106 valence electrons. The predicted octanol–water partition coefficient (Wildman–Crippen LogP) is 1.36. The summed E-state index contributed by atoms with van der Waals surface area (Å²) in [7, 11) is 0. The van der Waals surface area contributed by atoms with E-state index in [0.29, 0.717) is 6.04 Å². The molecule has 0 bridgehead atoms. The molecule has 1 aliphatic heterocycles. The second-order valence-corrected chi connectivity index (χ2v) is 5.08. The summed E-state index contributed by atoms with van der Waals surface area (Å²) in [5, 5.41) is 11.5. The van der Waals surface area contributed by atoms with E-state index in [1.807, 2.05) is 6.20 Å². The van der Waals surface area contributed by atoms with Crippen LogP contribution < -0.4 is 10.2 Å². The Balaban J connectivity index is 1.72. The fourth-order valence-corrected chi connectivity index (χ4v) is 2.54. The van der Waals surface area contributed by atoms with Gasteiger partial charge < -0.3 is 14.8 Å². The van der Waals surface area contributed by atoms with E-state index in [1.54, 1.807) is 6.33 Å². The Hall–Kier alpha value is -1.95. The first-order valence-electron chi connectivity index (χ1n) is 7.09. The molecule has 2 aromatic heterocycles. The molecule has 2 aromatic rings. The quantitative estimate of drug-likeness (QED) is 0.911. The molecule has 0 fully saturated rings. The molecular formula is C14H20N6. The molecule has 1 N–H and O–H groups in total. The highest BCUT2D eigenvalue weighted by atomic mass is 15.3. The predicted molar refractivity (Wildman–Crippen MR) is 77.4 cm³/mol. The number of pyridine rings is 1. The highest BCUT2D eigenvalue weighted by Crippen LogP contribution is 2.20. The van der Waals surface area contributed by atoms with Gasteiger partial charge in [-0.05, 0) is 25.6 Å². The van der Waals surface area contributed by atoms with Crippen molar-refractivity contribution < 1.29 is 0 Å². The van der Waals surface area contributed by atoms with E-state index >= 15 is 0 Å². The Kier molecular flexibility index (Phi) is 3.64. The first-order chi connectivity index (χ1) is 9.78. The van der Waals surface area contributed by atoms with E-state index in [4.69, 9.17) is 0 Å². The van der Waals surface area contributed by atoms with E-state index in [-0.39, 0.29) is 0 Å². The van der Waals surface area contributed by atoms with Crippen LogP contribution in [0.15, 0.2) is 24.7 Å². The second kappa shape index (κ2) is 5.58. The molecule has 0 aliphatic carbocycles. The van der Waals surface area contributed by atoms with Gasteiger partial charge in [-0.3, -0.25) is 4.98 Å². The van der Waals surface area contributed by atoms with Crippen molar-refractivity contribution >= 4 is 5.69 Å². The molecular weight excluding hydrogens is 252 g/mol. The highest BCUT2D eigenvalue weighted by molar-refractivity contribution is 5.45. The van der Waals surface area contributed by atoms with Crippen LogP contribution in [0.1, 0.15) is 31.4 Å². The van der Waals surface area contributed by atoms with Crippen LogP contribution in [-0.4, -0.2) is 32.8 Å². The third-order valence-corrected chi connectivity index (χ3v) is 3.73. The number of nitrogens with one attached hydrogen (secondary N) is 1. The molecule has 0 aromatic carbocycles. The van der Waals surface area contributed by atoms with Gasteiger partial charge in [0.05, 0.1) is 24.1 Å². The Morgan fingerprint density at radius 2 is 2.25 bits per heavy atom. The summed E-state index contributed by atoms with van der Waals surface area (Å²) in [6.45, 7) is 7.88. The number of hydrogen-bond donors (Lipinski definition) is 1. The number of fused-ring (bicyclic) bond motifs is 1. The van der Waals surface area contributed by atoms with Crippen LogP contribution in [0.2, 0.25) is 0 Å². The maximum atomic E-state index is 4.57. The fraction of sp³-hybridized carbons (Fsp3) is 0.500. The van der Waals surface area contributed by atoms with Gasteiger partial charge in [-0.2, -0.15) is 0 Å². The van der Waals surface area contributed by atoms with Crippen LogP contribution in [-0.2, 0) is 13.1 Å². The van der Waals surface area contributed by atoms with Gasteiger partial charge in [0, 0.05) is 19.1 Å². The lowest BCUT2D eigenvalue weighted by Crippen LogP contribution is -2.33. The molecule has 6 nitrogen and oxygen atoms in total. The number of hydrogen-bond acceptors (Lipinski definition) is 5. The zero-order chi connectivity index (χ0) is 13.9. The third kappa shape index (κ3) is 2.51. The Morgan fingerprint density at radius 1 is 1.35 bits per heavy atom. The van der Waals surface area contributed by atoms with Gasteiger partial charge in [-0.15, -0.1) is 10.2 Å². The molecule has 6 heteroatoms. The maximum absolute atomic E-state index is 4.57. The zero-order valence-corrected chi connectivity index (χ0v) is 12.0. The largest absolute Gasteiger partial charge is 0.361 e. The monoisotopic (exact) mass is 272 g/mol. The third-order valence-electron chi connectivity index (χ3n) is 3.73. The van der Waals surface area contributed by atoms with Crippen molar-refractivity contribution in [2.24, 2.45) is 0 Å². The first kappa shape index (κ1) is 13.1. The minimum Gasteiger partial charge on any atom is -0.361 e. The smallest absolute Gasteiger partial charge is 0.152 e. The van der Waals surface area contributed by atoms with Crippen molar-refractivity contribution in [3.63, 3.8) is 0 Å². The summed E-state index contributed by atoms with van der Waals surface area (Å²) >= 11 is 0. The zero-order valence-electron chi connectivity index (χ0n) is 12.0. The molecule has 1 unspecified atom stereocenters. The van der Waals surface area contributed by atoms with Crippen molar-refractivity contribution in [2.45, 2.75) is 33.0 Å². The van der Waals surface area contributed by atoms with Crippen LogP contribution >= 0.6 is 0 Å². The topological polar surface area (TPSA) is 58.9 Å². The summed E-state index contributed by atoms with van der Waals surface area (Å²) in [6.07, 6.45) is 3.75. The van der Waals surface area contributed by atoms with Crippen LogP contribution in [0.25, 0.3) is 0 Å². The number of rotatable bonds is 4. The van der Waals surface area contributed by atoms with E-state index in [1.165, 1.54) is 0 Å². The van der Waals surface area contributed by atoms with Crippen molar-refractivity contribution in [1.29, 1.82) is 0 Å². The number of nitrogens with zero attached hydrogens (tertiary/aromatic N) is 5. The van der Waals surface area contributed by atoms with E-state index in [2.05, 4.69) is 55.9 Å². The minimum absolute atomic E-state index is 0.290. The molecule has 0 saturated heterocycles. The molecule has 1 aliphatic rings. The molecule has 20 heavy (non-hydrogen) atoms. The van der Waals surface area contributed by atoms with E-state index < -0.39 is 0 Å². The first-order valence-corrected chi connectivity index (χ1v) is 7.09. The number of anilines is 1. The number of aromatic nitrogens is 4. The fourth-order valence-electron chi connectivity index (χ4n) is 2.54. The van der Waals surface area contributed by atoms with Gasteiger partial charge in [-0.25, -0.2) is 0 Å². The summed E-state index contributed by atoms with van der Waals surface area (Å²) in [6, 6.07) is 4.53. The Bertz CT molecular complexity index is 561. The highest BCUT2D eigenvalue weighted by Gasteiger charge is 2.18. The van der Waals surface area contributed by atoms with Gasteiger partial charge in [0.15, 0.2) is 5.82 Å². The summed E-state index contributed by atoms with van der Waals surface area (Å²) in [4.78, 5) is 6.86. The van der Waals surface area contributed by atoms with Crippen LogP contribution in [0.3, 0.4) is 0 Å².